The van der Waals surface area contributed by atoms with Gasteiger partial charge in [0.1, 0.15) is 4.91 Å². The van der Waals surface area contributed by atoms with Gasteiger partial charge in [-0.1, -0.05) is 30.0 Å². The van der Waals surface area contributed by atoms with Crippen LogP contribution >= 0.6 is 11.8 Å². The number of hydrogen-bond donors (Lipinski definition) is 0. The zero-order valence-electron chi connectivity index (χ0n) is 10.8. The first kappa shape index (κ1) is 13.9. The number of nitrogens with zero attached hydrogens (tertiary/aromatic N) is 5. The lowest BCUT2D eigenvalue weighted by atomic mass is 10.3. The summed E-state index contributed by atoms with van der Waals surface area (Å²) in [5.41, 5.74) is -0.303. The molecule has 0 saturated heterocycles. The highest BCUT2D eigenvalue weighted by atomic mass is 32.2. The zero-order chi connectivity index (χ0) is 15.7. The molecule has 1 heterocycles. The summed E-state index contributed by atoms with van der Waals surface area (Å²) in [6.45, 7) is 0. The standard InChI is InChI=1S/C12H7N5O4S/c18-15(19)12-10(22-8-4-2-1-3-5-8)7-6-9-11(12)14-16(13-9)17(20)21/h1-7H. The van der Waals surface area contributed by atoms with Gasteiger partial charge in [0.25, 0.3) is 5.52 Å². The molecule has 0 fully saturated rings. The second-order valence-corrected chi connectivity index (χ2v) is 5.27. The van der Waals surface area contributed by atoms with Crippen LogP contribution in [0.5, 0.6) is 0 Å². The number of rotatable bonds is 4. The van der Waals surface area contributed by atoms with Gasteiger partial charge in [-0.15, -0.1) is 0 Å². The van der Waals surface area contributed by atoms with E-state index in [-0.39, 0.29) is 21.6 Å². The van der Waals surface area contributed by atoms with Crippen LogP contribution in [0.1, 0.15) is 0 Å². The van der Waals surface area contributed by atoms with Gasteiger partial charge in [-0.3, -0.25) is 10.1 Å². The van der Waals surface area contributed by atoms with Gasteiger partial charge in [-0.25, -0.2) is 0 Å². The maximum atomic E-state index is 11.4. The fourth-order valence-electron chi connectivity index (χ4n) is 1.89. The smallest absolute Gasteiger partial charge is 0.331 e. The molecular formula is C12H7N5O4S. The summed E-state index contributed by atoms with van der Waals surface area (Å²) in [5.74, 6) is 0. The number of aromatic nitrogens is 3. The normalized spacial score (nSPS) is 10.7. The molecule has 0 radical (unpaired) electrons. The van der Waals surface area contributed by atoms with E-state index in [1.807, 2.05) is 30.3 Å². The first-order chi connectivity index (χ1) is 10.6. The van der Waals surface area contributed by atoms with Crippen LogP contribution in [-0.2, 0) is 0 Å². The van der Waals surface area contributed by atoms with Gasteiger partial charge < -0.3 is 10.1 Å². The Morgan fingerprint density at radius 1 is 1.00 bits per heavy atom. The van der Waals surface area contributed by atoms with Crippen molar-refractivity contribution in [1.29, 1.82) is 0 Å². The summed E-state index contributed by atoms with van der Waals surface area (Å²) in [6.07, 6.45) is 0. The van der Waals surface area contributed by atoms with E-state index < -0.39 is 9.96 Å². The van der Waals surface area contributed by atoms with Crippen LogP contribution in [0.15, 0.2) is 52.3 Å². The second-order valence-electron chi connectivity index (χ2n) is 4.16. The first-order valence-electron chi connectivity index (χ1n) is 5.98. The molecule has 0 bridgehead atoms. The van der Waals surface area contributed by atoms with Crippen molar-refractivity contribution in [2.24, 2.45) is 0 Å². The predicted molar refractivity (Wildman–Crippen MR) is 77.1 cm³/mol. The van der Waals surface area contributed by atoms with Crippen LogP contribution in [0.2, 0.25) is 0 Å². The lowest BCUT2D eigenvalue weighted by molar-refractivity contribution is -0.563. The topological polar surface area (TPSA) is 117 Å². The van der Waals surface area contributed by atoms with Crippen molar-refractivity contribution in [1.82, 2.24) is 15.1 Å². The van der Waals surface area contributed by atoms with Gasteiger partial charge in [0.05, 0.1) is 9.82 Å². The monoisotopic (exact) mass is 317 g/mol. The zero-order valence-corrected chi connectivity index (χ0v) is 11.6. The molecule has 1 aromatic heterocycles. The highest BCUT2D eigenvalue weighted by molar-refractivity contribution is 7.99. The molecule has 3 rings (SSSR count). The fraction of sp³-hybridized carbons (Fsp3) is 0. The highest BCUT2D eigenvalue weighted by Crippen LogP contribution is 2.38. The molecular weight excluding hydrogens is 310 g/mol. The van der Waals surface area contributed by atoms with Crippen molar-refractivity contribution in [3.8, 4) is 0 Å². The third-order valence-electron chi connectivity index (χ3n) is 2.78. The Balaban J connectivity index is 2.16. The fourth-order valence-corrected chi connectivity index (χ4v) is 2.84. The lowest BCUT2D eigenvalue weighted by Crippen LogP contribution is -2.11. The second kappa shape index (κ2) is 5.41. The lowest BCUT2D eigenvalue weighted by Gasteiger charge is -2.01. The summed E-state index contributed by atoms with van der Waals surface area (Å²) in [4.78, 5) is 22.8. The number of fused-ring (bicyclic) bond motifs is 1. The molecule has 0 spiro atoms. The minimum atomic E-state index is -0.853. The Kier molecular flexibility index (Phi) is 3.43. The SMILES string of the molecule is O=[N+]([O-])c1c(Sc2ccccc2)ccc2nn([N+](=O)[O-])nc12. The maximum Gasteiger partial charge on any atom is 0.331 e. The maximum absolute atomic E-state index is 11.4. The quantitative estimate of drug-likeness (QED) is 0.536. The molecule has 2 aromatic carbocycles. The molecule has 0 saturated carbocycles. The van der Waals surface area contributed by atoms with Crippen molar-refractivity contribution in [2.75, 3.05) is 0 Å². The van der Waals surface area contributed by atoms with Gasteiger partial charge >= 0.3 is 5.69 Å². The molecule has 110 valence electrons. The van der Waals surface area contributed by atoms with E-state index in [0.29, 0.717) is 4.90 Å². The van der Waals surface area contributed by atoms with Crippen molar-refractivity contribution in [3.63, 3.8) is 0 Å². The van der Waals surface area contributed by atoms with E-state index in [0.717, 1.165) is 4.90 Å². The Morgan fingerprint density at radius 2 is 1.73 bits per heavy atom. The predicted octanol–water partition coefficient (Wildman–Crippen LogP) is 2.53. The summed E-state index contributed by atoms with van der Waals surface area (Å²) < 4.78 is 0. The first-order valence-corrected chi connectivity index (χ1v) is 6.80. The molecule has 0 aliphatic carbocycles. The van der Waals surface area contributed by atoms with Crippen LogP contribution in [0.25, 0.3) is 11.0 Å². The number of hydrogen-bond acceptors (Lipinski definition) is 7. The van der Waals surface area contributed by atoms with Crippen LogP contribution in [-0.4, -0.2) is 25.1 Å². The molecule has 0 aliphatic rings. The summed E-state index contributed by atoms with van der Waals surface area (Å²) >= 11 is 1.19. The van der Waals surface area contributed by atoms with Crippen LogP contribution in [0, 0.1) is 20.2 Å². The van der Waals surface area contributed by atoms with E-state index in [4.69, 9.17) is 0 Å². The van der Waals surface area contributed by atoms with Gasteiger partial charge in [0.15, 0.2) is 0 Å². The van der Waals surface area contributed by atoms with Gasteiger partial charge in [-0.05, 0) is 24.3 Å². The van der Waals surface area contributed by atoms with Gasteiger partial charge in [0.2, 0.25) is 5.52 Å². The van der Waals surface area contributed by atoms with E-state index in [1.165, 1.54) is 23.9 Å². The van der Waals surface area contributed by atoms with Gasteiger partial charge in [-0.2, -0.15) is 0 Å². The third-order valence-corrected chi connectivity index (χ3v) is 3.84. The van der Waals surface area contributed by atoms with E-state index in [9.17, 15) is 20.2 Å². The Morgan fingerprint density at radius 3 is 2.36 bits per heavy atom. The van der Waals surface area contributed by atoms with Crippen LogP contribution in [0.4, 0.5) is 5.69 Å². The minimum absolute atomic E-state index is 0.0980. The van der Waals surface area contributed by atoms with Crippen LogP contribution < -0.4 is 0 Å². The Bertz CT molecular complexity index is 880. The minimum Gasteiger partial charge on any atom is -0.372 e. The van der Waals surface area contributed by atoms with Crippen molar-refractivity contribution >= 4 is 28.5 Å². The Hall–Kier alpha value is -3.01. The molecule has 3 aromatic rings. The molecule has 0 N–H and O–H groups in total. The molecule has 22 heavy (non-hydrogen) atoms. The largest absolute Gasteiger partial charge is 0.372 e. The van der Waals surface area contributed by atoms with Crippen LogP contribution in [0.3, 0.4) is 0 Å². The average molecular weight is 317 g/mol. The third kappa shape index (κ3) is 2.46. The van der Waals surface area contributed by atoms with Crippen molar-refractivity contribution in [2.45, 2.75) is 9.79 Å². The number of nitro benzene ring substituents is 1. The van der Waals surface area contributed by atoms with Gasteiger partial charge in [0, 0.05) is 20.1 Å². The molecule has 0 aliphatic heterocycles. The number of benzene rings is 2. The van der Waals surface area contributed by atoms with E-state index in [1.54, 1.807) is 0 Å². The Labute approximate surface area is 126 Å². The van der Waals surface area contributed by atoms with Crippen molar-refractivity contribution in [3.05, 3.63) is 62.7 Å². The van der Waals surface area contributed by atoms with E-state index >= 15 is 0 Å². The highest BCUT2D eigenvalue weighted by Gasteiger charge is 2.28. The molecule has 0 amide bonds. The molecule has 0 atom stereocenters. The number of nitro groups is 2. The van der Waals surface area contributed by atoms with Crippen molar-refractivity contribution < 1.29 is 9.96 Å². The van der Waals surface area contributed by atoms with E-state index in [2.05, 4.69) is 10.2 Å². The molecule has 10 heteroatoms. The molecule has 0 unspecified atom stereocenters. The summed E-state index contributed by atoms with van der Waals surface area (Å²) in [6, 6.07) is 12.1. The summed E-state index contributed by atoms with van der Waals surface area (Å²) in [7, 11) is 0. The molecule has 9 nitrogen and oxygen atoms in total. The summed E-state index contributed by atoms with van der Waals surface area (Å²) in [5, 5.41) is 28.4. The average Bonchev–Trinajstić information content (AvgIpc) is 2.92.